The second-order valence-electron chi connectivity index (χ2n) is 11.6. The van der Waals surface area contributed by atoms with Crippen molar-refractivity contribution in [3.63, 3.8) is 0 Å². The second kappa shape index (κ2) is 9.26. The average Bonchev–Trinajstić information content (AvgIpc) is 2.85. The fourth-order valence-corrected chi connectivity index (χ4v) is 6.48. The highest BCUT2D eigenvalue weighted by atomic mass is 79.9. The van der Waals surface area contributed by atoms with Crippen LogP contribution in [0.4, 0.5) is 0 Å². The van der Waals surface area contributed by atoms with E-state index in [-0.39, 0.29) is 27.8 Å². The summed E-state index contributed by atoms with van der Waals surface area (Å²) >= 11 is 0. The molecule has 0 spiro atoms. The van der Waals surface area contributed by atoms with Crippen molar-refractivity contribution in [1.29, 1.82) is 0 Å². The van der Waals surface area contributed by atoms with Gasteiger partial charge in [-0.3, -0.25) is 0 Å². The van der Waals surface area contributed by atoms with Crippen LogP contribution in [-0.2, 0) is 17.6 Å². The van der Waals surface area contributed by atoms with Gasteiger partial charge in [-0.05, 0) is 22.1 Å². The third-order valence-electron chi connectivity index (χ3n) is 8.68. The van der Waals surface area contributed by atoms with Crippen LogP contribution in [-0.4, -0.2) is 29.2 Å². The van der Waals surface area contributed by atoms with E-state index in [1.807, 2.05) is 12.1 Å². The van der Waals surface area contributed by atoms with Crippen molar-refractivity contribution < 1.29 is 26.6 Å². The van der Waals surface area contributed by atoms with Gasteiger partial charge in [-0.1, -0.05) is 106 Å². The SMILES string of the molecule is CC(C)(C)c1ccc(C[N+]23CCC(C(O)(c4ccccc4)c4ccccc4)(CC2)CC3)cc1.[Br-]. The Morgan fingerprint density at radius 3 is 1.53 bits per heavy atom. The highest BCUT2D eigenvalue weighted by Crippen LogP contribution is 2.57. The van der Waals surface area contributed by atoms with Gasteiger partial charge in [0.1, 0.15) is 12.1 Å². The Kier molecular flexibility index (Phi) is 6.85. The lowest BCUT2D eigenvalue weighted by atomic mass is 9.56. The van der Waals surface area contributed by atoms with Crippen molar-refractivity contribution in [1.82, 2.24) is 0 Å². The van der Waals surface area contributed by atoms with Gasteiger partial charge >= 0.3 is 0 Å². The number of hydrogen-bond acceptors (Lipinski definition) is 1. The van der Waals surface area contributed by atoms with E-state index in [2.05, 4.69) is 93.6 Å². The lowest BCUT2D eigenvalue weighted by molar-refractivity contribution is -0.958. The van der Waals surface area contributed by atoms with Crippen LogP contribution in [0.3, 0.4) is 0 Å². The summed E-state index contributed by atoms with van der Waals surface area (Å²) in [5.74, 6) is 0. The van der Waals surface area contributed by atoms with Gasteiger partial charge in [0.2, 0.25) is 0 Å². The molecule has 0 aromatic heterocycles. The molecule has 3 fully saturated rings. The van der Waals surface area contributed by atoms with Crippen LogP contribution >= 0.6 is 0 Å². The summed E-state index contributed by atoms with van der Waals surface area (Å²) < 4.78 is 1.16. The lowest BCUT2D eigenvalue weighted by Crippen LogP contribution is -3.00. The quantitative estimate of drug-likeness (QED) is 0.512. The normalized spacial score (nSPS) is 24.5. The van der Waals surface area contributed by atoms with E-state index in [1.165, 1.54) is 11.1 Å². The zero-order valence-electron chi connectivity index (χ0n) is 20.8. The summed E-state index contributed by atoms with van der Waals surface area (Å²) in [4.78, 5) is 0. The van der Waals surface area contributed by atoms with E-state index in [9.17, 15) is 5.11 Å². The van der Waals surface area contributed by atoms with E-state index in [1.54, 1.807) is 0 Å². The zero-order valence-corrected chi connectivity index (χ0v) is 22.4. The number of quaternary nitrogens is 1. The minimum absolute atomic E-state index is 0. The van der Waals surface area contributed by atoms with Gasteiger partial charge in [-0.15, -0.1) is 0 Å². The van der Waals surface area contributed by atoms with E-state index < -0.39 is 5.60 Å². The minimum atomic E-state index is -0.944. The smallest absolute Gasteiger partial charge is 0.121 e. The van der Waals surface area contributed by atoms with Crippen molar-refractivity contribution in [2.24, 2.45) is 5.41 Å². The first-order valence-electron chi connectivity index (χ1n) is 12.5. The standard InChI is InChI=1S/C31H38NO.BrH/c1-29(2,3)26-16-14-25(15-17-26)24-32-21-18-30(19-22-32,20-23-32)31(33,27-10-6-4-7-11-27)28-12-8-5-9-13-28;/h4-17,33H,18-24H2,1-3H3;1H/q+1;/p-1. The summed E-state index contributed by atoms with van der Waals surface area (Å²) in [6.07, 6.45) is 3.19. The molecule has 3 heteroatoms. The molecule has 2 bridgehead atoms. The van der Waals surface area contributed by atoms with Gasteiger partial charge in [0.25, 0.3) is 0 Å². The molecule has 3 aromatic rings. The molecule has 0 amide bonds. The number of halogens is 1. The molecule has 3 aliphatic heterocycles. The Hall–Kier alpha value is -1.94. The third-order valence-corrected chi connectivity index (χ3v) is 8.68. The fraction of sp³-hybridized carbons (Fsp3) is 0.419. The Bertz CT molecular complexity index is 1020. The van der Waals surface area contributed by atoms with Crippen molar-refractivity contribution in [3.05, 3.63) is 107 Å². The summed E-state index contributed by atoms with van der Waals surface area (Å²) in [6, 6.07) is 30.1. The topological polar surface area (TPSA) is 20.2 Å². The number of aliphatic hydroxyl groups is 1. The van der Waals surface area contributed by atoms with Gasteiger partial charge in [-0.2, -0.15) is 0 Å². The molecular weight excluding hydrogens is 482 g/mol. The molecule has 0 saturated carbocycles. The molecule has 34 heavy (non-hydrogen) atoms. The molecule has 6 rings (SSSR count). The molecule has 0 radical (unpaired) electrons. The molecule has 180 valence electrons. The number of fused-ring (bicyclic) bond motifs is 3. The van der Waals surface area contributed by atoms with Crippen LogP contribution in [0.2, 0.25) is 0 Å². The van der Waals surface area contributed by atoms with Crippen molar-refractivity contribution in [3.8, 4) is 0 Å². The third kappa shape index (κ3) is 4.27. The Morgan fingerprint density at radius 1 is 0.676 bits per heavy atom. The van der Waals surface area contributed by atoms with Gasteiger partial charge < -0.3 is 26.6 Å². The molecule has 3 aromatic carbocycles. The maximum Gasteiger partial charge on any atom is 0.121 e. The second-order valence-corrected chi connectivity index (χ2v) is 11.6. The lowest BCUT2D eigenvalue weighted by Gasteiger charge is -2.60. The largest absolute Gasteiger partial charge is 1.00 e. The number of hydrogen-bond donors (Lipinski definition) is 1. The van der Waals surface area contributed by atoms with Crippen molar-refractivity contribution in [2.75, 3.05) is 19.6 Å². The maximum atomic E-state index is 12.5. The first kappa shape index (κ1) is 25.2. The molecule has 3 aliphatic rings. The van der Waals surface area contributed by atoms with Crippen LogP contribution in [0, 0.1) is 5.41 Å². The number of benzene rings is 3. The van der Waals surface area contributed by atoms with Crippen LogP contribution in [0.5, 0.6) is 0 Å². The van der Waals surface area contributed by atoms with Gasteiger partial charge in [-0.25, -0.2) is 0 Å². The molecule has 0 atom stereocenters. The van der Waals surface area contributed by atoms with Crippen molar-refractivity contribution in [2.45, 2.75) is 57.6 Å². The first-order valence-corrected chi connectivity index (χ1v) is 12.5. The summed E-state index contributed by atoms with van der Waals surface area (Å²) in [6.45, 7) is 11.4. The van der Waals surface area contributed by atoms with E-state index >= 15 is 0 Å². The van der Waals surface area contributed by atoms with Crippen LogP contribution in [0.15, 0.2) is 84.9 Å². The van der Waals surface area contributed by atoms with E-state index in [0.29, 0.717) is 0 Å². The van der Waals surface area contributed by atoms with Crippen LogP contribution in [0.1, 0.15) is 62.3 Å². The first-order chi connectivity index (χ1) is 15.8. The maximum absolute atomic E-state index is 12.5. The predicted molar refractivity (Wildman–Crippen MR) is 136 cm³/mol. The molecule has 0 aliphatic carbocycles. The van der Waals surface area contributed by atoms with E-state index in [0.717, 1.165) is 61.1 Å². The Morgan fingerprint density at radius 2 is 1.12 bits per heavy atom. The van der Waals surface area contributed by atoms with Gasteiger partial charge in [0, 0.05) is 30.2 Å². The van der Waals surface area contributed by atoms with Gasteiger partial charge in [0.15, 0.2) is 0 Å². The van der Waals surface area contributed by atoms with Crippen molar-refractivity contribution >= 4 is 0 Å². The summed E-state index contributed by atoms with van der Waals surface area (Å²) in [7, 11) is 0. The average molecular weight is 521 g/mol. The summed E-state index contributed by atoms with van der Waals surface area (Å²) in [5.41, 5.74) is 4.07. The monoisotopic (exact) mass is 519 g/mol. The highest BCUT2D eigenvalue weighted by Gasteiger charge is 2.60. The molecule has 3 heterocycles. The Balaban J connectivity index is 0.00000274. The van der Waals surface area contributed by atoms with Crippen LogP contribution in [0.25, 0.3) is 0 Å². The molecule has 0 unspecified atom stereocenters. The predicted octanol–water partition coefficient (Wildman–Crippen LogP) is 3.42. The highest BCUT2D eigenvalue weighted by molar-refractivity contribution is 5.39. The fourth-order valence-electron chi connectivity index (χ4n) is 6.48. The Labute approximate surface area is 216 Å². The molecule has 1 N–H and O–H groups in total. The minimum Gasteiger partial charge on any atom is -1.00 e. The van der Waals surface area contributed by atoms with Crippen LogP contribution < -0.4 is 17.0 Å². The molecule has 3 saturated heterocycles. The summed E-state index contributed by atoms with van der Waals surface area (Å²) in [5, 5.41) is 12.5. The molecule has 2 nitrogen and oxygen atoms in total. The number of nitrogens with zero attached hydrogens (tertiary/aromatic N) is 1. The zero-order chi connectivity index (χ0) is 23.2. The number of rotatable bonds is 5. The number of piperidine rings is 3. The molecular formula is C31H38BrNO. The van der Waals surface area contributed by atoms with E-state index in [4.69, 9.17) is 0 Å². The van der Waals surface area contributed by atoms with Gasteiger partial charge in [0.05, 0.1) is 19.6 Å².